The molecule has 0 saturated carbocycles. The SMILES string of the molecule is Cc1ccc(CNS(=O)(=O)N2CCCCC2CO)s1. The maximum atomic E-state index is 12.2. The molecule has 1 atom stereocenters. The van der Waals surface area contributed by atoms with Crippen molar-refractivity contribution in [3.05, 3.63) is 21.9 Å². The number of nitrogens with zero attached hydrogens (tertiary/aromatic N) is 1. The average molecular weight is 304 g/mol. The van der Waals surface area contributed by atoms with E-state index in [0.717, 1.165) is 24.1 Å². The van der Waals surface area contributed by atoms with Crippen LogP contribution in [0.1, 0.15) is 29.0 Å². The minimum absolute atomic E-state index is 0.112. The highest BCUT2D eigenvalue weighted by Crippen LogP contribution is 2.20. The maximum Gasteiger partial charge on any atom is 0.280 e. The summed E-state index contributed by atoms with van der Waals surface area (Å²) in [5.74, 6) is 0. The Morgan fingerprint density at radius 3 is 2.89 bits per heavy atom. The largest absolute Gasteiger partial charge is 0.395 e. The summed E-state index contributed by atoms with van der Waals surface area (Å²) in [4.78, 5) is 2.17. The minimum Gasteiger partial charge on any atom is -0.395 e. The normalized spacial score (nSPS) is 21.7. The van der Waals surface area contributed by atoms with Gasteiger partial charge in [0.1, 0.15) is 0 Å². The Labute approximate surface area is 118 Å². The van der Waals surface area contributed by atoms with Crippen molar-refractivity contribution < 1.29 is 13.5 Å². The Balaban J connectivity index is 2.00. The molecule has 0 radical (unpaired) electrons. The Morgan fingerprint density at radius 1 is 1.47 bits per heavy atom. The van der Waals surface area contributed by atoms with Crippen LogP contribution in [0.2, 0.25) is 0 Å². The monoisotopic (exact) mass is 304 g/mol. The van der Waals surface area contributed by atoms with E-state index >= 15 is 0 Å². The van der Waals surface area contributed by atoms with Crippen LogP contribution >= 0.6 is 11.3 Å². The molecular formula is C12H20N2O3S2. The van der Waals surface area contributed by atoms with Gasteiger partial charge in [-0.25, -0.2) is 0 Å². The van der Waals surface area contributed by atoms with Crippen LogP contribution < -0.4 is 4.72 Å². The van der Waals surface area contributed by atoms with Gasteiger partial charge in [-0.2, -0.15) is 17.4 Å². The molecule has 7 heteroatoms. The molecule has 2 heterocycles. The standard InChI is InChI=1S/C12H20N2O3S2/c1-10-5-6-12(18-10)8-13-19(16,17)14-7-3-2-4-11(14)9-15/h5-6,11,13,15H,2-4,7-9H2,1H3. The molecule has 1 aromatic heterocycles. The van der Waals surface area contributed by atoms with Crippen molar-refractivity contribution in [2.24, 2.45) is 0 Å². The van der Waals surface area contributed by atoms with Crippen LogP contribution in [0.15, 0.2) is 12.1 Å². The van der Waals surface area contributed by atoms with Crippen molar-refractivity contribution in [2.75, 3.05) is 13.2 Å². The third-order valence-corrected chi connectivity index (χ3v) is 5.93. The zero-order valence-corrected chi connectivity index (χ0v) is 12.6. The minimum atomic E-state index is -3.50. The third-order valence-electron chi connectivity index (χ3n) is 3.32. The van der Waals surface area contributed by atoms with E-state index in [1.165, 1.54) is 9.18 Å². The highest BCUT2D eigenvalue weighted by Gasteiger charge is 2.31. The number of thiophene rings is 1. The molecule has 2 N–H and O–H groups in total. The van der Waals surface area contributed by atoms with Gasteiger partial charge < -0.3 is 5.11 Å². The first kappa shape index (κ1) is 14.9. The van der Waals surface area contributed by atoms with Gasteiger partial charge in [0.2, 0.25) is 0 Å². The lowest BCUT2D eigenvalue weighted by Gasteiger charge is -2.33. The number of aliphatic hydroxyl groups excluding tert-OH is 1. The second-order valence-electron chi connectivity index (χ2n) is 4.78. The van der Waals surface area contributed by atoms with E-state index in [-0.39, 0.29) is 12.6 Å². The Morgan fingerprint density at radius 2 is 2.26 bits per heavy atom. The van der Waals surface area contributed by atoms with E-state index < -0.39 is 10.2 Å². The van der Waals surface area contributed by atoms with Crippen LogP contribution in [0.3, 0.4) is 0 Å². The lowest BCUT2D eigenvalue weighted by molar-refractivity contribution is 0.154. The zero-order valence-electron chi connectivity index (χ0n) is 11.0. The van der Waals surface area contributed by atoms with Crippen LogP contribution in [-0.2, 0) is 16.8 Å². The third kappa shape index (κ3) is 3.76. The summed E-state index contributed by atoms with van der Waals surface area (Å²) in [6.07, 6.45) is 2.56. The lowest BCUT2D eigenvalue weighted by atomic mass is 10.1. The molecule has 0 aliphatic carbocycles. The summed E-state index contributed by atoms with van der Waals surface area (Å²) in [6.45, 7) is 2.69. The van der Waals surface area contributed by atoms with Crippen LogP contribution in [0.25, 0.3) is 0 Å². The van der Waals surface area contributed by atoms with Crippen LogP contribution in [0.4, 0.5) is 0 Å². The summed E-state index contributed by atoms with van der Waals surface area (Å²) in [5, 5.41) is 9.28. The van der Waals surface area contributed by atoms with Gasteiger partial charge in [-0.05, 0) is 31.9 Å². The van der Waals surface area contributed by atoms with E-state index in [0.29, 0.717) is 13.1 Å². The first-order valence-corrected chi connectivity index (χ1v) is 8.71. The number of aliphatic hydroxyl groups is 1. The second kappa shape index (κ2) is 6.32. The molecule has 19 heavy (non-hydrogen) atoms. The van der Waals surface area contributed by atoms with Crippen molar-refractivity contribution in [1.29, 1.82) is 0 Å². The van der Waals surface area contributed by atoms with E-state index in [2.05, 4.69) is 4.72 Å². The number of hydrogen-bond donors (Lipinski definition) is 2. The molecule has 0 amide bonds. The van der Waals surface area contributed by atoms with Crippen LogP contribution in [-0.4, -0.2) is 37.0 Å². The molecule has 1 aliphatic heterocycles. The van der Waals surface area contributed by atoms with Gasteiger partial charge in [-0.1, -0.05) is 6.42 Å². The topological polar surface area (TPSA) is 69.6 Å². The number of aryl methyl sites for hydroxylation is 1. The molecule has 1 saturated heterocycles. The van der Waals surface area contributed by atoms with Crippen LogP contribution in [0.5, 0.6) is 0 Å². The summed E-state index contributed by atoms with van der Waals surface area (Å²) in [5.41, 5.74) is 0. The quantitative estimate of drug-likeness (QED) is 0.860. The fourth-order valence-corrected chi connectivity index (χ4v) is 4.66. The number of hydrogen-bond acceptors (Lipinski definition) is 4. The van der Waals surface area contributed by atoms with E-state index in [4.69, 9.17) is 0 Å². The summed E-state index contributed by atoms with van der Waals surface area (Å²) >= 11 is 1.59. The van der Waals surface area contributed by atoms with Crippen molar-refractivity contribution in [2.45, 2.75) is 38.8 Å². The van der Waals surface area contributed by atoms with Crippen molar-refractivity contribution in [3.63, 3.8) is 0 Å². The van der Waals surface area contributed by atoms with Crippen molar-refractivity contribution >= 4 is 21.5 Å². The first-order chi connectivity index (χ1) is 9.03. The number of rotatable bonds is 5. The summed E-state index contributed by atoms with van der Waals surface area (Å²) in [6, 6.07) is 3.63. The molecule has 0 aromatic carbocycles. The lowest BCUT2D eigenvalue weighted by Crippen LogP contribution is -2.50. The molecule has 1 aromatic rings. The summed E-state index contributed by atoms with van der Waals surface area (Å²) in [7, 11) is -3.50. The Bertz CT molecular complexity index is 513. The Hall–Kier alpha value is -0.470. The van der Waals surface area contributed by atoms with Crippen LogP contribution in [0, 0.1) is 6.92 Å². The van der Waals surface area contributed by atoms with Gasteiger partial charge in [0.25, 0.3) is 10.2 Å². The fraction of sp³-hybridized carbons (Fsp3) is 0.667. The molecular weight excluding hydrogens is 284 g/mol. The molecule has 1 unspecified atom stereocenters. The molecule has 0 spiro atoms. The predicted octanol–water partition coefficient (Wildman–Crippen LogP) is 1.24. The van der Waals surface area contributed by atoms with Gasteiger partial charge in [0.15, 0.2) is 0 Å². The van der Waals surface area contributed by atoms with Crippen molar-refractivity contribution in [3.8, 4) is 0 Å². The summed E-state index contributed by atoms with van der Waals surface area (Å²) < 4.78 is 28.5. The molecule has 5 nitrogen and oxygen atoms in total. The number of piperidine rings is 1. The fourth-order valence-electron chi connectivity index (χ4n) is 2.30. The molecule has 0 bridgehead atoms. The molecule has 1 fully saturated rings. The zero-order chi connectivity index (χ0) is 13.9. The first-order valence-electron chi connectivity index (χ1n) is 6.45. The molecule has 2 rings (SSSR count). The Kier molecular flexibility index (Phi) is 4.97. The average Bonchev–Trinajstić information content (AvgIpc) is 2.82. The van der Waals surface area contributed by atoms with E-state index in [9.17, 15) is 13.5 Å². The smallest absolute Gasteiger partial charge is 0.280 e. The van der Waals surface area contributed by atoms with Gasteiger partial charge in [-0.3, -0.25) is 0 Å². The van der Waals surface area contributed by atoms with Gasteiger partial charge in [0.05, 0.1) is 6.61 Å². The van der Waals surface area contributed by atoms with Crippen molar-refractivity contribution in [1.82, 2.24) is 9.03 Å². The maximum absolute atomic E-state index is 12.2. The van der Waals surface area contributed by atoms with E-state index in [1.807, 2.05) is 19.1 Å². The predicted molar refractivity (Wildman–Crippen MR) is 76.2 cm³/mol. The van der Waals surface area contributed by atoms with Gasteiger partial charge >= 0.3 is 0 Å². The number of nitrogens with one attached hydrogen (secondary N) is 1. The highest BCUT2D eigenvalue weighted by atomic mass is 32.2. The highest BCUT2D eigenvalue weighted by molar-refractivity contribution is 7.87. The molecule has 108 valence electrons. The van der Waals surface area contributed by atoms with Gasteiger partial charge in [-0.15, -0.1) is 11.3 Å². The van der Waals surface area contributed by atoms with E-state index in [1.54, 1.807) is 11.3 Å². The second-order valence-corrected chi connectivity index (χ2v) is 7.86. The molecule has 1 aliphatic rings. The van der Waals surface area contributed by atoms with Gasteiger partial charge in [0, 0.05) is 28.9 Å².